The Morgan fingerprint density at radius 1 is 1.03 bits per heavy atom. The van der Waals surface area contributed by atoms with E-state index in [-0.39, 0.29) is 20.1 Å². The molecule has 0 spiro atoms. The number of hydrogen-bond acceptors (Lipinski definition) is 6. The van der Waals surface area contributed by atoms with Crippen LogP contribution in [-0.4, -0.2) is 58.4 Å². The third-order valence-corrected chi connectivity index (χ3v) is 8.39. The number of nitrogens with one attached hydrogen (secondary N) is 1. The normalized spacial score (nSPS) is 18.8. The van der Waals surface area contributed by atoms with E-state index in [1.54, 1.807) is 0 Å². The van der Waals surface area contributed by atoms with Gasteiger partial charge in [-0.15, -0.1) is 0 Å². The monoisotopic (exact) mass is 532 g/mol. The van der Waals surface area contributed by atoms with Crippen LogP contribution in [0.2, 0.25) is 19.1 Å². The van der Waals surface area contributed by atoms with Crippen molar-refractivity contribution >= 4 is 27.3 Å². The number of ether oxygens (including phenoxy) is 3. The predicted octanol–water partition coefficient (Wildman–Crippen LogP) is 5.22. The van der Waals surface area contributed by atoms with Crippen molar-refractivity contribution in [2.24, 2.45) is 5.41 Å². The van der Waals surface area contributed by atoms with Gasteiger partial charge in [0.2, 0.25) is 5.75 Å². The van der Waals surface area contributed by atoms with Crippen molar-refractivity contribution in [2.45, 2.75) is 111 Å². The molecule has 1 aromatic carbocycles. The van der Waals surface area contributed by atoms with Gasteiger partial charge in [0, 0.05) is 19.8 Å². The van der Waals surface area contributed by atoms with E-state index in [0.717, 1.165) is 18.9 Å². The van der Waals surface area contributed by atoms with Crippen molar-refractivity contribution in [3.8, 4) is 17.2 Å². The number of hydrogen-bond donors (Lipinski definition) is 1. The SMILES string of the molecule is C[Si](C)CCCOc1c(C(=O)NC(C)(C)CC(C)(C)C)cc(B2OC(C)(C)C(C)(C)O2)c2c1OCCO2. The molecule has 0 unspecified atom stereocenters. The Morgan fingerprint density at radius 3 is 2.14 bits per heavy atom. The molecule has 207 valence electrons. The summed E-state index contributed by atoms with van der Waals surface area (Å²) < 4.78 is 31.2. The van der Waals surface area contributed by atoms with Gasteiger partial charge in [0.05, 0.1) is 23.4 Å². The second-order valence-corrected chi connectivity index (χ2v) is 16.4. The molecule has 1 fully saturated rings. The Labute approximate surface area is 226 Å². The van der Waals surface area contributed by atoms with Crippen LogP contribution in [0.4, 0.5) is 0 Å². The van der Waals surface area contributed by atoms with Gasteiger partial charge in [0.25, 0.3) is 5.91 Å². The van der Waals surface area contributed by atoms with Crippen LogP contribution in [0.25, 0.3) is 0 Å². The minimum atomic E-state index is -0.700. The maximum absolute atomic E-state index is 13.9. The van der Waals surface area contributed by atoms with E-state index in [1.807, 2.05) is 33.8 Å². The number of benzene rings is 1. The van der Waals surface area contributed by atoms with Gasteiger partial charge >= 0.3 is 7.12 Å². The molecule has 1 aromatic rings. The standard InChI is InChI=1S/C28H47BNO6Si/c1-25(2,3)18-26(4,5)30-24(31)19-17-20(29-35-27(6,7)28(8,9)36-29)22-23(34-15-14-33-22)21(19)32-13-12-16-37(10)11/h17H,12-16,18H2,1-11H3,(H,30,31). The molecule has 37 heavy (non-hydrogen) atoms. The molecular formula is C28H47BNO6Si. The van der Waals surface area contributed by atoms with Crippen molar-refractivity contribution in [1.29, 1.82) is 0 Å². The van der Waals surface area contributed by atoms with Gasteiger partial charge in [0.15, 0.2) is 11.5 Å². The number of carbonyl (C=O) groups is 1. The molecule has 9 heteroatoms. The second-order valence-electron chi connectivity index (χ2n) is 13.5. The Kier molecular flexibility index (Phi) is 8.72. The molecule has 2 heterocycles. The zero-order valence-corrected chi connectivity index (χ0v) is 25.8. The van der Waals surface area contributed by atoms with E-state index in [4.69, 9.17) is 23.5 Å². The molecule has 0 saturated carbocycles. The fraction of sp³-hybridized carbons (Fsp3) is 0.750. The Balaban J connectivity index is 2.06. The molecule has 1 saturated heterocycles. The summed E-state index contributed by atoms with van der Waals surface area (Å²) in [7, 11) is -1.06. The predicted molar refractivity (Wildman–Crippen MR) is 151 cm³/mol. The zero-order valence-electron chi connectivity index (χ0n) is 24.8. The van der Waals surface area contributed by atoms with E-state index in [9.17, 15) is 4.79 Å². The van der Waals surface area contributed by atoms with Gasteiger partial charge < -0.3 is 28.8 Å². The number of fused-ring (bicyclic) bond motifs is 1. The third-order valence-electron chi connectivity index (χ3n) is 7.04. The molecule has 2 aliphatic heterocycles. The molecule has 1 N–H and O–H groups in total. The Hall–Kier alpha value is -1.71. The fourth-order valence-corrected chi connectivity index (χ4v) is 5.86. The lowest BCUT2D eigenvalue weighted by Crippen LogP contribution is -2.46. The van der Waals surface area contributed by atoms with Crippen LogP contribution >= 0.6 is 0 Å². The van der Waals surface area contributed by atoms with E-state index in [2.05, 4.69) is 53.0 Å². The van der Waals surface area contributed by atoms with Crippen molar-refractivity contribution in [3.63, 3.8) is 0 Å². The maximum Gasteiger partial charge on any atom is 0.498 e. The summed E-state index contributed by atoms with van der Waals surface area (Å²) >= 11 is 0. The van der Waals surface area contributed by atoms with Gasteiger partial charge in [0.1, 0.15) is 13.2 Å². The summed E-state index contributed by atoms with van der Waals surface area (Å²) in [5, 5.41) is 3.24. The molecule has 3 rings (SSSR count). The first-order valence-electron chi connectivity index (χ1n) is 13.5. The average molecular weight is 533 g/mol. The Morgan fingerprint density at radius 2 is 1.59 bits per heavy atom. The lowest BCUT2D eigenvalue weighted by molar-refractivity contribution is 0.00578. The zero-order chi connectivity index (χ0) is 27.8. The van der Waals surface area contributed by atoms with Crippen LogP contribution in [0.15, 0.2) is 6.07 Å². The van der Waals surface area contributed by atoms with Crippen molar-refractivity contribution in [3.05, 3.63) is 11.6 Å². The second kappa shape index (κ2) is 10.8. The van der Waals surface area contributed by atoms with Crippen molar-refractivity contribution in [1.82, 2.24) is 5.32 Å². The van der Waals surface area contributed by atoms with Crippen LogP contribution in [0.5, 0.6) is 17.2 Å². The topological polar surface area (TPSA) is 75.3 Å². The van der Waals surface area contributed by atoms with Crippen LogP contribution in [0.1, 0.15) is 85.5 Å². The van der Waals surface area contributed by atoms with Gasteiger partial charge in [-0.25, -0.2) is 0 Å². The van der Waals surface area contributed by atoms with Crippen LogP contribution < -0.4 is 25.0 Å². The largest absolute Gasteiger partial charge is 0.498 e. The highest BCUT2D eigenvalue weighted by molar-refractivity contribution is 6.63. The van der Waals surface area contributed by atoms with Crippen LogP contribution in [0.3, 0.4) is 0 Å². The quantitative estimate of drug-likeness (QED) is 0.347. The number of amides is 1. The Bertz CT molecular complexity index is 970. The molecule has 7 nitrogen and oxygen atoms in total. The highest BCUT2D eigenvalue weighted by Gasteiger charge is 2.53. The van der Waals surface area contributed by atoms with Crippen LogP contribution in [-0.2, 0) is 9.31 Å². The highest BCUT2D eigenvalue weighted by atomic mass is 28.3. The molecule has 1 amide bonds. The van der Waals surface area contributed by atoms with Gasteiger partial charge in [-0.2, -0.15) is 0 Å². The summed E-state index contributed by atoms with van der Waals surface area (Å²) in [6.45, 7) is 24.5. The summed E-state index contributed by atoms with van der Waals surface area (Å²) in [4.78, 5) is 13.9. The summed E-state index contributed by atoms with van der Waals surface area (Å²) in [5.74, 6) is 1.20. The maximum atomic E-state index is 13.9. The molecular weight excluding hydrogens is 485 g/mol. The first-order chi connectivity index (χ1) is 16.9. The average Bonchev–Trinajstić information content (AvgIpc) is 2.95. The molecule has 1 radical (unpaired) electrons. The van der Waals surface area contributed by atoms with Gasteiger partial charge in [-0.05, 0) is 65.9 Å². The molecule has 0 aromatic heterocycles. The molecule has 0 bridgehead atoms. The van der Waals surface area contributed by atoms with E-state index in [1.165, 1.54) is 0 Å². The third kappa shape index (κ3) is 7.24. The minimum absolute atomic E-state index is 0.0520. The van der Waals surface area contributed by atoms with E-state index in [0.29, 0.717) is 48.1 Å². The smallest absolute Gasteiger partial charge is 0.489 e. The van der Waals surface area contributed by atoms with Gasteiger partial charge in [-0.3, -0.25) is 4.79 Å². The molecule has 0 atom stereocenters. The fourth-order valence-electron chi connectivity index (χ4n) is 5.01. The molecule has 2 aliphatic rings. The van der Waals surface area contributed by atoms with Crippen molar-refractivity contribution < 1.29 is 28.3 Å². The minimum Gasteiger partial charge on any atom is -0.489 e. The lowest BCUT2D eigenvalue weighted by atomic mass is 9.76. The summed E-state index contributed by atoms with van der Waals surface area (Å²) in [5.41, 5.74) is -0.387. The molecule has 0 aliphatic carbocycles. The van der Waals surface area contributed by atoms with Crippen LogP contribution in [0, 0.1) is 5.41 Å². The number of carbonyl (C=O) groups excluding carboxylic acids is 1. The van der Waals surface area contributed by atoms with Crippen molar-refractivity contribution in [2.75, 3.05) is 19.8 Å². The van der Waals surface area contributed by atoms with E-state index < -0.39 is 23.9 Å². The number of rotatable bonds is 9. The van der Waals surface area contributed by atoms with E-state index >= 15 is 0 Å². The first kappa shape index (κ1) is 29.8. The highest BCUT2D eigenvalue weighted by Crippen LogP contribution is 2.44. The first-order valence-corrected chi connectivity index (χ1v) is 16.2. The van der Waals surface area contributed by atoms with Gasteiger partial charge in [-0.1, -0.05) is 39.9 Å². The lowest BCUT2D eigenvalue weighted by Gasteiger charge is -2.34. The summed E-state index contributed by atoms with van der Waals surface area (Å²) in [6, 6.07) is 2.94. The summed E-state index contributed by atoms with van der Waals surface area (Å²) in [6.07, 6.45) is 1.74.